The zero-order chi connectivity index (χ0) is 14.8. The van der Waals surface area contributed by atoms with Gasteiger partial charge in [0, 0.05) is 12.2 Å². The van der Waals surface area contributed by atoms with Gasteiger partial charge in [0.25, 0.3) is 5.56 Å². The van der Waals surface area contributed by atoms with E-state index in [-0.39, 0.29) is 9.92 Å². The van der Waals surface area contributed by atoms with E-state index in [4.69, 9.17) is 17.3 Å². The van der Waals surface area contributed by atoms with Crippen LogP contribution in [0.3, 0.4) is 0 Å². The minimum absolute atomic E-state index is 0.202. The standard InChI is InChI=1S/C10H14ClN3O4S/c1-6(2)14(5-9(12)15)19(17,18)7-3-8(11)10(16)13-4-7/h3-4,6H,5H2,1-2H3,(H2,12,15)(H,13,16). The van der Waals surface area contributed by atoms with E-state index in [9.17, 15) is 18.0 Å². The molecule has 0 aliphatic heterocycles. The molecule has 0 atom stereocenters. The van der Waals surface area contributed by atoms with Crippen LogP contribution in [0.2, 0.25) is 5.02 Å². The summed E-state index contributed by atoms with van der Waals surface area (Å²) in [6, 6.07) is 0.565. The second kappa shape index (κ2) is 5.72. The second-order valence-electron chi connectivity index (χ2n) is 4.12. The number of sulfonamides is 1. The quantitative estimate of drug-likeness (QED) is 0.791. The predicted octanol–water partition coefficient (Wildman–Crippen LogP) is -0.0873. The maximum Gasteiger partial charge on any atom is 0.266 e. The van der Waals surface area contributed by atoms with E-state index in [1.807, 2.05) is 0 Å². The summed E-state index contributed by atoms with van der Waals surface area (Å²) in [6.45, 7) is 2.76. The number of H-pyrrole nitrogens is 1. The molecule has 1 aromatic rings. The molecule has 0 saturated heterocycles. The first-order valence-electron chi connectivity index (χ1n) is 5.34. The van der Waals surface area contributed by atoms with Gasteiger partial charge in [-0.15, -0.1) is 0 Å². The van der Waals surface area contributed by atoms with Gasteiger partial charge in [-0.05, 0) is 19.9 Å². The summed E-state index contributed by atoms with van der Waals surface area (Å²) in [6.07, 6.45) is 1.03. The molecular weight excluding hydrogens is 294 g/mol. The number of pyridine rings is 1. The molecule has 106 valence electrons. The van der Waals surface area contributed by atoms with Gasteiger partial charge in [-0.2, -0.15) is 4.31 Å². The Morgan fingerprint density at radius 1 is 1.53 bits per heavy atom. The summed E-state index contributed by atoms with van der Waals surface area (Å²) in [7, 11) is -3.96. The number of aromatic nitrogens is 1. The van der Waals surface area contributed by atoms with Gasteiger partial charge >= 0.3 is 0 Å². The zero-order valence-corrected chi connectivity index (χ0v) is 12.0. The van der Waals surface area contributed by atoms with Crippen LogP contribution in [-0.4, -0.2) is 36.2 Å². The number of aromatic amines is 1. The monoisotopic (exact) mass is 307 g/mol. The molecule has 0 aliphatic rings. The van der Waals surface area contributed by atoms with Crippen molar-refractivity contribution in [3.05, 3.63) is 27.6 Å². The van der Waals surface area contributed by atoms with E-state index in [2.05, 4.69) is 4.98 Å². The Kier molecular flexibility index (Phi) is 4.72. The number of nitrogens with two attached hydrogens (primary N) is 1. The fraction of sp³-hybridized carbons (Fsp3) is 0.400. The molecule has 1 amide bonds. The van der Waals surface area contributed by atoms with E-state index in [0.717, 1.165) is 16.6 Å². The fourth-order valence-electron chi connectivity index (χ4n) is 1.42. The van der Waals surface area contributed by atoms with Crippen molar-refractivity contribution in [1.29, 1.82) is 0 Å². The van der Waals surface area contributed by atoms with E-state index in [1.54, 1.807) is 13.8 Å². The van der Waals surface area contributed by atoms with Crippen LogP contribution in [0.25, 0.3) is 0 Å². The van der Waals surface area contributed by atoms with Crippen LogP contribution in [0.15, 0.2) is 22.0 Å². The first-order chi connectivity index (χ1) is 8.66. The minimum atomic E-state index is -3.96. The van der Waals surface area contributed by atoms with Crippen molar-refractivity contribution in [2.75, 3.05) is 6.54 Å². The molecule has 0 aromatic carbocycles. The molecule has 3 N–H and O–H groups in total. The van der Waals surface area contributed by atoms with Gasteiger partial charge in [-0.1, -0.05) is 11.6 Å². The molecule has 0 bridgehead atoms. The average molecular weight is 308 g/mol. The SMILES string of the molecule is CC(C)N(CC(N)=O)S(=O)(=O)c1c[nH]c(=O)c(Cl)c1. The van der Waals surface area contributed by atoms with Crippen molar-refractivity contribution in [2.45, 2.75) is 24.8 Å². The highest BCUT2D eigenvalue weighted by atomic mass is 35.5. The maximum absolute atomic E-state index is 12.3. The normalized spacial score (nSPS) is 12.1. The maximum atomic E-state index is 12.3. The number of carbonyl (C=O) groups excluding carboxylic acids is 1. The average Bonchev–Trinajstić information content (AvgIpc) is 2.28. The Labute approximate surface area is 115 Å². The predicted molar refractivity (Wildman–Crippen MR) is 70.3 cm³/mol. The third-order valence-corrected chi connectivity index (χ3v) is 4.61. The van der Waals surface area contributed by atoms with E-state index >= 15 is 0 Å². The Morgan fingerprint density at radius 3 is 2.53 bits per heavy atom. The van der Waals surface area contributed by atoms with E-state index in [0.29, 0.717) is 0 Å². The third-order valence-electron chi connectivity index (χ3n) is 2.33. The molecule has 0 spiro atoms. The van der Waals surface area contributed by atoms with Crippen molar-refractivity contribution in [3.8, 4) is 0 Å². The first kappa shape index (κ1) is 15.7. The number of amides is 1. The van der Waals surface area contributed by atoms with E-state index < -0.39 is 34.1 Å². The highest BCUT2D eigenvalue weighted by molar-refractivity contribution is 7.89. The number of rotatable bonds is 5. The smallest absolute Gasteiger partial charge is 0.266 e. The van der Waals surface area contributed by atoms with E-state index in [1.165, 1.54) is 0 Å². The molecule has 1 heterocycles. The lowest BCUT2D eigenvalue weighted by molar-refractivity contribution is -0.118. The summed E-state index contributed by atoms with van der Waals surface area (Å²) in [5, 5.41) is -0.246. The summed E-state index contributed by atoms with van der Waals surface area (Å²) in [5.41, 5.74) is 4.44. The van der Waals surface area contributed by atoms with Crippen LogP contribution in [-0.2, 0) is 14.8 Å². The molecule has 1 rings (SSSR count). The van der Waals surface area contributed by atoms with Gasteiger partial charge in [0.15, 0.2) is 0 Å². The number of carbonyl (C=O) groups is 1. The summed E-state index contributed by atoms with van der Waals surface area (Å²) in [5.74, 6) is -0.771. The Bertz CT molecular complexity index is 638. The number of hydrogen-bond donors (Lipinski definition) is 2. The van der Waals surface area contributed by atoms with Crippen LogP contribution >= 0.6 is 11.6 Å². The van der Waals surface area contributed by atoms with Crippen LogP contribution in [0.4, 0.5) is 0 Å². The fourth-order valence-corrected chi connectivity index (χ4v) is 3.26. The third kappa shape index (κ3) is 3.55. The minimum Gasteiger partial charge on any atom is -0.369 e. The lowest BCUT2D eigenvalue weighted by atomic mass is 10.4. The van der Waals surface area contributed by atoms with Crippen molar-refractivity contribution < 1.29 is 13.2 Å². The lowest BCUT2D eigenvalue weighted by Gasteiger charge is -2.24. The first-order valence-corrected chi connectivity index (χ1v) is 7.16. The van der Waals surface area contributed by atoms with Gasteiger partial charge in [-0.25, -0.2) is 8.42 Å². The highest BCUT2D eigenvalue weighted by Gasteiger charge is 2.28. The number of halogens is 1. The molecule has 0 aliphatic carbocycles. The summed E-state index contributed by atoms with van der Waals surface area (Å²) < 4.78 is 25.6. The highest BCUT2D eigenvalue weighted by Crippen LogP contribution is 2.18. The zero-order valence-electron chi connectivity index (χ0n) is 10.4. The van der Waals surface area contributed by atoms with Crippen molar-refractivity contribution in [3.63, 3.8) is 0 Å². The van der Waals surface area contributed by atoms with Gasteiger partial charge in [0.05, 0.1) is 11.4 Å². The van der Waals surface area contributed by atoms with Crippen LogP contribution < -0.4 is 11.3 Å². The number of nitrogens with zero attached hydrogens (tertiary/aromatic N) is 1. The number of hydrogen-bond acceptors (Lipinski definition) is 4. The lowest BCUT2D eigenvalue weighted by Crippen LogP contribution is -2.42. The van der Waals surface area contributed by atoms with Crippen molar-refractivity contribution in [2.24, 2.45) is 5.73 Å². The van der Waals surface area contributed by atoms with Crippen LogP contribution in [0.5, 0.6) is 0 Å². The Morgan fingerprint density at radius 2 is 2.11 bits per heavy atom. The molecule has 0 unspecified atom stereocenters. The molecule has 0 saturated carbocycles. The Balaban J connectivity index is 3.30. The molecule has 19 heavy (non-hydrogen) atoms. The van der Waals surface area contributed by atoms with Crippen molar-refractivity contribution >= 4 is 27.5 Å². The summed E-state index contributed by atoms with van der Waals surface area (Å²) in [4.78, 5) is 24.1. The molecule has 7 nitrogen and oxygen atoms in total. The second-order valence-corrected chi connectivity index (χ2v) is 6.42. The molecule has 0 radical (unpaired) electrons. The van der Waals surface area contributed by atoms with Crippen LogP contribution in [0, 0.1) is 0 Å². The summed E-state index contributed by atoms with van der Waals surface area (Å²) >= 11 is 5.59. The van der Waals surface area contributed by atoms with Gasteiger partial charge in [-0.3, -0.25) is 9.59 Å². The molecule has 0 fully saturated rings. The van der Waals surface area contributed by atoms with Gasteiger partial charge in [0.1, 0.15) is 5.02 Å². The van der Waals surface area contributed by atoms with Gasteiger partial charge in [0.2, 0.25) is 15.9 Å². The molecular formula is C10H14ClN3O4S. The topological polar surface area (TPSA) is 113 Å². The van der Waals surface area contributed by atoms with Crippen molar-refractivity contribution in [1.82, 2.24) is 9.29 Å². The number of nitrogens with one attached hydrogen (secondary N) is 1. The van der Waals surface area contributed by atoms with Crippen LogP contribution in [0.1, 0.15) is 13.8 Å². The molecule has 9 heteroatoms. The molecule has 1 aromatic heterocycles. The Hall–Kier alpha value is -1.38. The largest absolute Gasteiger partial charge is 0.369 e. The number of primary amides is 1. The van der Waals surface area contributed by atoms with Gasteiger partial charge < -0.3 is 10.7 Å².